The van der Waals surface area contributed by atoms with Gasteiger partial charge in [0.1, 0.15) is 17.3 Å². The molecule has 0 aliphatic heterocycles. The van der Waals surface area contributed by atoms with E-state index in [0.29, 0.717) is 23.6 Å². The van der Waals surface area contributed by atoms with Crippen molar-refractivity contribution in [3.63, 3.8) is 0 Å². The normalized spacial score (nSPS) is 10.2. The lowest BCUT2D eigenvalue weighted by atomic mass is 10.1. The van der Waals surface area contributed by atoms with Crippen molar-refractivity contribution in [2.75, 3.05) is 19.5 Å². The fourth-order valence-corrected chi connectivity index (χ4v) is 2.28. The van der Waals surface area contributed by atoms with E-state index >= 15 is 0 Å². The zero-order valence-electron chi connectivity index (χ0n) is 14.0. The molecule has 0 unspecified atom stereocenters. The van der Waals surface area contributed by atoms with Gasteiger partial charge in [0.2, 0.25) is 5.91 Å². The van der Waals surface area contributed by atoms with Crippen LogP contribution in [0.25, 0.3) is 0 Å². The summed E-state index contributed by atoms with van der Waals surface area (Å²) >= 11 is 0. The van der Waals surface area contributed by atoms with Gasteiger partial charge in [-0.05, 0) is 42.3 Å². The number of hydrogen-bond acceptors (Lipinski definition) is 4. The zero-order valence-corrected chi connectivity index (χ0v) is 14.0. The highest BCUT2D eigenvalue weighted by Crippen LogP contribution is 2.23. The number of primary amides is 1. The third kappa shape index (κ3) is 4.94. The fraction of sp³-hybridized carbons (Fsp3) is 0.222. The molecule has 2 rings (SSSR count). The zero-order chi connectivity index (χ0) is 18.4. The molecule has 0 aliphatic carbocycles. The number of nitrogens with two attached hydrogens (primary N) is 1. The van der Waals surface area contributed by atoms with Crippen LogP contribution in [-0.4, -0.2) is 26.0 Å². The number of aryl methyl sites for hydroxylation is 1. The van der Waals surface area contributed by atoms with Crippen LogP contribution in [0.3, 0.4) is 0 Å². The number of methoxy groups -OCH3 is 2. The second kappa shape index (κ2) is 8.14. The number of halogens is 1. The maximum absolute atomic E-state index is 13.4. The van der Waals surface area contributed by atoms with Gasteiger partial charge in [0, 0.05) is 18.2 Å². The summed E-state index contributed by atoms with van der Waals surface area (Å²) in [5.41, 5.74) is 6.01. The van der Waals surface area contributed by atoms with E-state index in [2.05, 4.69) is 5.32 Å². The summed E-state index contributed by atoms with van der Waals surface area (Å²) in [4.78, 5) is 23.2. The van der Waals surface area contributed by atoms with Crippen LogP contribution in [0.4, 0.5) is 10.1 Å². The van der Waals surface area contributed by atoms with Crippen LogP contribution >= 0.6 is 0 Å². The lowest BCUT2D eigenvalue weighted by Gasteiger charge is -2.09. The molecule has 0 fully saturated rings. The number of rotatable bonds is 7. The molecule has 0 atom stereocenters. The minimum Gasteiger partial charge on any atom is -0.497 e. The van der Waals surface area contributed by atoms with E-state index in [4.69, 9.17) is 15.2 Å². The largest absolute Gasteiger partial charge is 0.497 e. The van der Waals surface area contributed by atoms with Crippen LogP contribution in [0.15, 0.2) is 36.4 Å². The van der Waals surface area contributed by atoms with Crippen molar-refractivity contribution in [2.24, 2.45) is 5.73 Å². The van der Waals surface area contributed by atoms with Crippen LogP contribution in [0, 0.1) is 5.82 Å². The summed E-state index contributed by atoms with van der Waals surface area (Å²) in [5, 5.41) is 2.62. The number of carbonyl (C=O) groups excluding carboxylic acids is 2. The maximum Gasteiger partial charge on any atom is 0.251 e. The van der Waals surface area contributed by atoms with E-state index < -0.39 is 11.7 Å². The van der Waals surface area contributed by atoms with Crippen LogP contribution < -0.4 is 20.5 Å². The Hall–Kier alpha value is -3.09. The summed E-state index contributed by atoms with van der Waals surface area (Å²) in [6.45, 7) is 0. The molecule has 25 heavy (non-hydrogen) atoms. The van der Waals surface area contributed by atoms with Gasteiger partial charge < -0.3 is 20.5 Å². The molecule has 7 heteroatoms. The first-order valence-corrected chi connectivity index (χ1v) is 7.54. The van der Waals surface area contributed by atoms with Gasteiger partial charge in [-0.15, -0.1) is 0 Å². The Morgan fingerprint density at radius 2 is 1.72 bits per heavy atom. The third-order valence-electron chi connectivity index (χ3n) is 3.57. The molecule has 3 N–H and O–H groups in total. The summed E-state index contributed by atoms with van der Waals surface area (Å²) < 4.78 is 23.8. The highest BCUT2D eigenvalue weighted by molar-refractivity contribution is 5.96. The standard InChI is InChI=1S/C18H19FN2O4/c1-24-13-7-11(8-14(10-13)25-2)3-6-17(22)21-12-4-5-16(19)15(9-12)18(20)23/h4-5,7-10H,3,6H2,1-2H3,(H2,20,23)(H,21,22). The number of nitrogens with one attached hydrogen (secondary N) is 1. The summed E-state index contributed by atoms with van der Waals surface area (Å²) in [7, 11) is 3.10. The second-order valence-corrected chi connectivity index (χ2v) is 5.33. The molecule has 0 aromatic heterocycles. The summed E-state index contributed by atoms with van der Waals surface area (Å²) in [6, 6.07) is 9.05. The highest BCUT2D eigenvalue weighted by Gasteiger charge is 2.11. The van der Waals surface area contributed by atoms with Crippen molar-refractivity contribution in [3.05, 3.63) is 53.3 Å². The Bertz CT molecular complexity index is 770. The van der Waals surface area contributed by atoms with Gasteiger partial charge in [-0.2, -0.15) is 0 Å². The monoisotopic (exact) mass is 346 g/mol. The molecule has 132 valence electrons. The lowest BCUT2D eigenvalue weighted by molar-refractivity contribution is -0.116. The minimum absolute atomic E-state index is 0.194. The van der Waals surface area contributed by atoms with E-state index in [1.54, 1.807) is 20.3 Å². The Balaban J connectivity index is 2.02. The van der Waals surface area contributed by atoms with Crippen molar-refractivity contribution in [1.29, 1.82) is 0 Å². The van der Waals surface area contributed by atoms with Crippen molar-refractivity contribution in [3.8, 4) is 11.5 Å². The molecule has 0 bridgehead atoms. The quantitative estimate of drug-likeness (QED) is 0.806. The van der Waals surface area contributed by atoms with E-state index in [0.717, 1.165) is 11.6 Å². The average molecular weight is 346 g/mol. The van der Waals surface area contributed by atoms with Gasteiger partial charge in [-0.1, -0.05) is 0 Å². The molecular weight excluding hydrogens is 327 g/mol. The lowest BCUT2D eigenvalue weighted by Crippen LogP contribution is -2.16. The second-order valence-electron chi connectivity index (χ2n) is 5.33. The molecule has 0 radical (unpaired) electrons. The predicted molar refractivity (Wildman–Crippen MR) is 91.4 cm³/mol. The number of benzene rings is 2. The van der Waals surface area contributed by atoms with Crippen molar-refractivity contribution >= 4 is 17.5 Å². The summed E-state index contributed by atoms with van der Waals surface area (Å²) in [6.07, 6.45) is 0.656. The van der Waals surface area contributed by atoms with Gasteiger partial charge in [-0.25, -0.2) is 4.39 Å². The predicted octanol–water partition coefficient (Wildman–Crippen LogP) is 2.51. The van der Waals surface area contributed by atoms with Crippen molar-refractivity contribution in [1.82, 2.24) is 0 Å². The van der Waals surface area contributed by atoms with E-state index in [1.165, 1.54) is 12.1 Å². The fourth-order valence-electron chi connectivity index (χ4n) is 2.28. The number of ether oxygens (including phenoxy) is 2. The molecule has 0 saturated heterocycles. The third-order valence-corrected chi connectivity index (χ3v) is 3.57. The Morgan fingerprint density at radius 3 is 2.28 bits per heavy atom. The molecule has 0 saturated carbocycles. The number of anilines is 1. The molecule has 2 amide bonds. The SMILES string of the molecule is COc1cc(CCC(=O)Nc2ccc(F)c(C(N)=O)c2)cc(OC)c1. The molecule has 6 nitrogen and oxygen atoms in total. The van der Waals surface area contributed by atoms with E-state index in [-0.39, 0.29) is 17.9 Å². The minimum atomic E-state index is -0.892. The van der Waals surface area contributed by atoms with Crippen LogP contribution in [-0.2, 0) is 11.2 Å². The Morgan fingerprint density at radius 1 is 1.08 bits per heavy atom. The van der Waals surface area contributed by atoms with E-state index in [1.807, 2.05) is 12.1 Å². The smallest absolute Gasteiger partial charge is 0.251 e. The number of amides is 2. The first-order valence-electron chi connectivity index (χ1n) is 7.54. The van der Waals surface area contributed by atoms with Crippen molar-refractivity contribution in [2.45, 2.75) is 12.8 Å². The molecule has 2 aromatic rings. The molecular formula is C18H19FN2O4. The van der Waals surface area contributed by atoms with Gasteiger partial charge >= 0.3 is 0 Å². The molecule has 2 aromatic carbocycles. The molecule has 0 aliphatic rings. The highest BCUT2D eigenvalue weighted by atomic mass is 19.1. The summed E-state index contributed by atoms with van der Waals surface area (Å²) in [5.74, 6) is -0.617. The number of hydrogen-bond donors (Lipinski definition) is 2. The Kier molecular flexibility index (Phi) is 5.94. The van der Waals surface area contributed by atoms with Gasteiger partial charge in [0.25, 0.3) is 5.91 Å². The van der Waals surface area contributed by atoms with Gasteiger partial charge in [0.05, 0.1) is 19.8 Å². The molecule has 0 heterocycles. The van der Waals surface area contributed by atoms with Gasteiger partial charge in [0.15, 0.2) is 0 Å². The topological polar surface area (TPSA) is 90.6 Å². The van der Waals surface area contributed by atoms with Crippen LogP contribution in [0.1, 0.15) is 22.3 Å². The Labute approximate surface area is 144 Å². The molecule has 0 spiro atoms. The first-order chi connectivity index (χ1) is 11.9. The number of carbonyl (C=O) groups is 2. The van der Waals surface area contributed by atoms with Gasteiger partial charge in [-0.3, -0.25) is 9.59 Å². The van der Waals surface area contributed by atoms with E-state index in [9.17, 15) is 14.0 Å². The first kappa shape index (κ1) is 18.3. The van der Waals surface area contributed by atoms with Crippen LogP contribution in [0.5, 0.6) is 11.5 Å². The average Bonchev–Trinajstić information content (AvgIpc) is 2.61. The maximum atomic E-state index is 13.4. The van der Waals surface area contributed by atoms with Crippen molar-refractivity contribution < 1.29 is 23.5 Å². The van der Waals surface area contributed by atoms with Crippen LogP contribution in [0.2, 0.25) is 0 Å².